The van der Waals surface area contributed by atoms with E-state index < -0.39 is 5.97 Å². The maximum atomic E-state index is 12.4. The number of rotatable bonds is 4. The maximum absolute atomic E-state index is 12.4. The number of carbonyl (C=O) groups excluding carboxylic acids is 2. The third kappa shape index (κ3) is 3.01. The van der Waals surface area contributed by atoms with E-state index in [9.17, 15) is 9.59 Å². The van der Waals surface area contributed by atoms with Crippen LogP contribution >= 0.6 is 0 Å². The third-order valence-electron chi connectivity index (χ3n) is 3.71. The summed E-state index contributed by atoms with van der Waals surface area (Å²) in [6.45, 7) is 8.36. The van der Waals surface area contributed by atoms with Crippen molar-refractivity contribution in [3.63, 3.8) is 0 Å². The van der Waals surface area contributed by atoms with Gasteiger partial charge in [-0.15, -0.1) is 0 Å². The minimum Gasteiger partial charge on any atom is -0.461 e. The smallest absolute Gasteiger partial charge is 0.359 e. The van der Waals surface area contributed by atoms with Crippen molar-refractivity contribution in [2.75, 3.05) is 26.2 Å². The summed E-state index contributed by atoms with van der Waals surface area (Å²) in [5, 5.41) is 6.92. The summed E-state index contributed by atoms with van der Waals surface area (Å²) in [5.74, 6) is -0.438. The monoisotopic (exact) mass is 294 g/mol. The number of hydrogen-bond donors (Lipinski definition) is 1. The summed E-state index contributed by atoms with van der Waals surface area (Å²) in [7, 11) is 0. The Morgan fingerprint density at radius 2 is 2.05 bits per heavy atom. The van der Waals surface area contributed by atoms with Gasteiger partial charge in [-0.05, 0) is 20.8 Å². The molecule has 0 saturated carbocycles. The number of H-pyrrole nitrogens is 1. The lowest BCUT2D eigenvalue weighted by Crippen LogP contribution is -2.45. The number of aromatic amines is 1. The van der Waals surface area contributed by atoms with Crippen molar-refractivity contribution in [1.29, 1.82) is 0 Å². The Bertz CT molecular complexity index is 522. The number of ether oxygens (including phenoxy) is 1. The Hall–Kier alpha value is -2.05. The van der Waals surface area contributed by atoms with Gasteiger partial charge in [-0.3, -0.25) is 5.10 Å². The largest absolute Gasteiger partial charge is 0.461 e. The Balaban J connectivity index is 2.17. The average Bonchev–Trinajstić information content (AvgIpc) is 2.91. The number of aromatic nitrogens is 2. The second-order valence-electron chi connectivity index (χ2n) is 4.88. The quantitative estimate of drug-likeness (QED) is 0.852. The first-order chi connectivity index (χ1) is 10.1. The lowest BCUT2D eigenvalue weighted by Gasteiger charge is -2.31. The van der Waals surface area contributed by atoms with Crippen LogP contribution in [-0.2, 0) is 17.7 Å². The molecule has 1 aromatic rings. The zero-order valence-corrected chi connectivity index (χ0v) is 12.8. The second-order valence-corrected chi connectivity index (χ2v) is 4.88. The lowest BCUT2D eigenvalue weighted by molar-refractivity contribution is 0.0516. The van der Waals surface area contributed by atoms with Gasteiger partial charge in [0, 0.05) is 37.3 Å². The number of urea groups is 1. The first kappa shape index (κ1) is 15.3. The van der Waals surface area contributed by atoms with Gasteiger partial charge in [0.05, 0.1) is 13.2 Å². The summed E-state index contributed by atoms with van der Waals surface area (Å²) >= 11 is 0. The van der Waals surface area contributed by atoms with Crippen LogP contribution in [0.1, 0.15) is 42.5 Å². The highest BCUT2D eigenvalue weighted by atomic mass is 16.5. The van der Waals surface area contributed by atoms with E-state index in [1.165, 1.54) is 0 Å². The van der Waals surface area contributed by atoms with Crippen LogP contribution in [0.2, 0.25) is 0 Å². The highest BCUT2D eigenvalue weighted by Crippen LogP contribution is 2.22. The highest BCUT2D eigenvalue weighted by molar-refractivity contribution is 5.89. The standard InChI is InChI=1S/C14H22N4O3/c1-4-17(5-2)14(20)18-8-7-11-10(9-18)12(16-15-11)13(19)21-6-3/h4-9H2,1-3H3,(H,15,16). The number of amides is 2. The molecule has 0 atom stereocenters. The predicted molar refractivity (Wildman–Crippen MR) is 77.0 cm³/mol. The summed E-state index contributed by atoms with van der Waals surface area (Å²) in [6.07, 6.45) is 0.675. The minimum atomic E-state index is -0.438. The molecule has 2 heterocycles. The molecule has 116 valence electrons. The number of esters is 1. The molecule has 1 aliphatic rings. The normalized spacial score (nSPS) is 13.8. The average molecular weight is 294 g/mol. The molecule has 0 aromatic carbocycles. The van der Waals surface area contributed by atoms with Gasteiger partial charge in [0.25, 0.3) is 0 Å². The maximum Gasteiger partial charge on any atom is 0.359 e. The zero-order valence-electron chi connectivity index (χ0n) is 12.8. The van der Waals surface area contributed by atoms with Crippen molar-refractivity contribution in [3.8, 4) is 0 Å². The molecule has 0 bridgehead atoms. The van der Waals surface area contributed by atoms with Crippen molar-refractivity contribution in [2.24, 2.45) is 0 Å². The third-order valence-corrected chi connectivity index (χ3v) is 3.71. The second kappa shape index (κ2) is 6.60. The van der Waals surface area contributed by atoms with E-state index in [1.807, 2.05) is 13.8 Å². The molecule has 0 fully saturated rings. The molecule has 21 heavy (non-hydrogen) atoms. The molecule has 0 radical (unpaired) electrons. The number of nitrogens with zero attached hydrogens (tertiary/aromatic N) is 3. The summed E-state index contributed by atoms with van der Waals surface area (Å²) in [5.41, 5.74) is 1.99. The van der Waals surface area contributed by atoms with Gasteiger partial charge in [0.1, 0.15) is 0 Å². The highest BCUT2D eigenvalue weighted by Gasteiger charge is 2.29. The Kier molecular flexibility index (Phi) is 4.82. The van der Waals surface area contributed by atoms with Gasteiger partial charge in [0.15, 0.2) is 5.69 Å². The molecular formula is C14H22N4O3. The Morgan fingerprint density at radius 3 is 2.67 bits per heavy atom. The van der Waals surface area contributed by atoms with Gasteiger partial charge >= 0.3 is 12.0 Å². The van der Waals surface area contributed by atoms with Crippen LogP contribution in [0.4, 0.5) is 4.79 Å². The van der Waals surface area contributed by atoms with Crippen molar-refractivity contribution in [2.45, 2.75) is 33.7 Å². The van der Waals surface area contributed by atoms with Gasteiger partial charge in [-0.1, -0.05) is 0 Å². The van der Waals surface area contributed by atoms with Crippen molar-refractivity contribution < 1.29 is 14.3 Å². The molecule has 1 aromatic heterocycles. The molecule has 0 aliphatic carbocycles. The minimum absolute atomic E-state index is 0.00154. The van der Waals surface area contributed by atoms with E-state index >= 15 is 0 Å². The summed E-state index contributed by atoms with van der Waals surface area (Å²) in [4.78, 5) is 27.8. The molecule has 0 spiro atoms. The van der Waals surface area contributed by atoms with Crippen molar-refractivity contribution in [1.82, 2.24) is 20.0 Å². The van der Waals surface area contributed by atoms with E-state index in [0.29, 0.717) is 44.9 Å². The number of hydrogen-bond acceptors (Lipinski definition) is 4. The van der Waals surface area contributed by atoms with Crippen LogP contribution < -0.4 is 0 Å². The topological polar surface area (TPSA) is 78.5 Å². The van der Waals surface area contributed by atoms with Crippen LogP contribution in [0.3, 0.4) is 0 Å². The fraction of sp³-hybridized carbons (Fsp3) is 0.643. The number of nitrogens with one attached hydrogen (secondary N) is 1. The van der Waals surface area contributed by atoms with Crippen molar-refractivity contribution >= 4 is 12.0 Å². The van der Waals surface area contributed by atoms with E-state index in [4.69, 9.17) is 4.74 Å². The van der Waals surface area contributed by atoms with Gasteiger partial charge < -0.3 is 14.5 Å². The Labute approximate surface area is 124 Å². The van der Waals surface area contributed by atoms with Crippen LogP contribution in [-0.4, -0.2) is 58.2 Å². The predicted octanol–water partition coefficient (Wildman–Crippen LogP) is 1.41. The van der Waals surface area contributed by atoms with E-state index in [1.54, 1.807) is 16.7 Å². The van der Waals surface area contributed by atoms with Crippen LogP contribution in [0.5, 0.6) is 0 Å². The zero-order chi connectivity index (χ0) is 15.4. The Morgan fingerprint density at radius 1 is 1.33 bits per heavy atom. The van der Waals surface area contributed by atoms with Crippen LogP contribution in [0.15, 0.2) is 0 Å². The molecule has 7 heteroatoms. The number of fused-ring (bicyclic) bond motifs is 1. The van der Waals surface area contributed by atoms with E-state index in [0.717, 1.165) is 11.3 Å². The molecule has 1 N–H and O–H groups in total. The van der Waals surface area contributed by atoms with Crippen LogP contribution in [0.25, 0.3) is 0 Å². The van der Waals surface area contributed by atoms with Gasteiger partial charge in [0.2, 0.25) is 0 Å². The first-order valence-corrected chi connectivity index (χ1v) is 7.39. The summed E-state index contributed by atoms with van der Waals surface area (Å²) < 4.78 is 5.00. The van der Waals surface area contributed by atoms with Gasteiger partial charge in [-0.25, -0.2) is 9.59 Å². The molecule has 7 nitrogen and oxygen atoms in total. The SMILES string of the molecule is CCOC(=O)c1n[nH]c2c1CN(C(=O)N(CC)CC)CC2. The molecule has 0 saturated heterocycles. The first-order valence-electron chi connectivity index (χ1n) is 7.39. The molecular weight excluding hydrogens is 272 g/mol. The van der Waals surface area contributed by atoms with Gasteiger partial charge in [-0.2, -0.15) is 5.10 Å². The van der Waals surface area contributed by atoms with E-state index in [2.05, 4.69) is 10.2 Å². The lowest BCUT2D eigenvalue weighted by atomic mass is 10.1. The van der Waals surface area contributed by atoms with Crippen LogP contribution in [0, 0.1) is 0 Å². The number of carbonyl (C=O) groups is 2. The molecule has 2 rings (SSSR count). The fourth-order valence-electron chi connectivity index (χ4n) is 2.52. The van der Waals surface area contributed by atoms with E-state index in [-0.39, 0.29) is 6.03 Å². The summed E-state index contributed by atoms with van der Waals surface area (Å²) in [6, 6.07) is 0.00154. The fourth-order valence-corrected chi connectivity index (χ4v) is 2.52. The molecule has 2 amide bonds. The molecule has 1 aliphatic heterocycles. The van der Waals surface area contributed by atoms with Crippen molar-refractivity contribution in [3.05, 3.63) is 17.0 Å². The molecule has 0 unspecified atom stereocenters.